The fourth-order valence-corrected chi connectivity index (χ4v) is 3.90. The highest BCUT2D eigenvalue weighted by Gasteiger charge is 2.42. The van der Waals surface area contributed by atoms with Crippen LogP contribution in [-0.4, -0.2) is 50.1 Å². The van der Waals surface area contributed by atoms with E-state index < -0.39 is 0 Å². The molecule has 6 nitrogen and oxygen atoms in total. The van der Waals surface area contributed by atoms with Gasteiger partial charge in [-0.05, 0) is 54.8 Å². The smallest absolute Gasteiger partial charge is 0.253 e. The summed E-state index contributed by atoms with van der Waals surface area (Å²) in [6.07, 6.45) is 2.08. The fraction of sp³-hybridized carbons (Fsp3) is 0.391. The summed E-state index contributed by atoms with van der Waals surface area (Å²) in [6.45, 7) is 0.909. The molecule has 0 bridgehead atoms. The number of methoxy groups -OCH3 is 2. The molecule has 1 N–H and O–H groups in total. The average Bonchev–Trinajstić information content (AvgIpc) is 3.46. The van der Waals surface area contributed by atoms with Crippen LogP contribution in [0.15, 0.2) is 48.5 Å². The Kier molecular flexibility index (Phi) is 5.43. The van der Waals surface area contributed by atoms with Gasteiger partial charge in [-0.1, -0.05) is 12.1 Å². The number of nitrogens with zero attached hydrogens (tertiary/aromatic N) is 1. The Hall–Kier alpha value is -3.02. The first-order chi connectivity index (χ1) is 14.1. The number of benzene rings is 2. The molecule has 6 heteroatoms. The Bertz CT molecular complexity index is 892. The van der Waals surface area contributed by atoms with Crippen molar-refractivity contribution in [2.24, 2.45) is 5.92 Å². The maximum absolute atomic E-state index is 13.1. The lowest BCUT2D eigenvalue weighted by Crippen LogP contribution is -2.36. The van der Waals surface area contributed by atoms with Gasteiger partial charge in [0, 0.05) is 30.6 Å². The van der Waals surface area contributed by atoms with Gasteiger partial charge in [0.25, 0.3) is 5.91 Å². The van der Waals surface area contributed by atoms with Crippen LogP contribution in [0, 0.1) is 5.92 Å². The molecule has 2 aliphatic rings. The molecule has 29 heavy (non-hydrogen) atoms. The number of carbonyl (C=O) groups excluding carboxylic acids is 2. The van der Waals surface area contributed by atoms with Crippen molar-refractivity contribution in [3.8, 4) is 11.5 Å². The van der Waals surface area contributed by atoms with Gasteiger partial charge < -0.3 is 19.7 Å². The standard InChI is InChI=1S/C23H26N2O4/c1-28-18-10-6-15(7-11-18)23(27)25-13-20(16-4-3-5-19(12-16)29-2)21(14-25)22(26)24-17-8-9-17/h3-7,10-12,17,20-21H,8-9,13-14H2,1-2H3,(H,24,26)/t20-,21-/m0/s1. The normalized spacial score (nSPS) is 21.0. The van der Waals surface area contributed by atoms with E-state index in [1.54, 1.807) is 43.4 Å². The largest absolute Gasteiger partial charge is 0.497 e. The minimum Gasteiger partial charge on any atom is -0.497 e. The van der Waals surface area contributed by atoms with Crippen LogP contribution >= 0.6 is 0 Å². The van der Waals surface area contributed by atoms with Crippen molar-refractivity contribution < 1.29 is 19.1 Å². The molecule has 4 rings (SSSR count). The van der Waals surface area contributed by atoms with Gasteiger partial charge in [-0.25, -0.2) is 0 Å². The van der Waals surface area contributed by atoms with Crippen molar-refractivity contribution in [1.82, 2.24) is 10.2 Å². The first-order valence-electron chi connectivity index (χ1n) is 9.96. The minimum atomic E-state index is -0.273. The summed E-state index contributed by atoms with van der Waals surface area (Å²) in [5.41, 5.74) is 1.61. The zero-order valence-corrected chi connectivity index (χ0v) is 16.8. The number of amides is 2. The van der Waals surface area contributed by atoms with E-state index in [9.17, 15) is 9.59 Å². The van der Waals surface area contributed by atoms with Gasteiger partial charge in [-0.3, -0.25) is 9.59 Å². The van der Waals surface area contributed by atoms with Gasteiger partial charge in [-0.2, -0.15) is 0 Å². The Labute approximate surface area is 170 Å². The molecule has 0 aromatic heterocycles. The van der Waals surface area contributed by atoms with Gasteiger partial charge in [0.2, 0.25) is 5.91 Å². The lowest BCUT2D eigenvalue weighted by Gasteiger charge is -2.18. The molecule has 2 aromatic rings. The molecule has 2 amide bonds. The second kappa shape index (κ2) is 8.15. The van der Waals surface area contributed by atoms with Crippen LogP contribution in [0.4, 0.5) is 0 Å². The summed E-state index contributed by atoms with van der Waals surface area (Å²) in [5, 5.41) is 3.11. The zero-order valence-electron chi connectivity index (χ0n) is 16.8. The van der Waals surface area contributed by atoms with E-state index >= 15 is 0 Å². The Morgan fingerprint density at radius 2 is 1.69 bits per heavy atom. The molecule has 1 aliphatic heterocycles. The highest BCUT2D eigenvalue weighted by atomic mass is 16.5. The lowest BCUT2D eigenvalue weighted by atomic mass is 9.88. The minimum absolute atomic E-state index is 0.0327. The van der Waals surface area contributed by atoms with E-state index in [0.29, 0.717) is 30.4 Å². The molecule has 1 heterocycles. The number of hydrogen-bond donors (Lipinski definition) is 1. The Morgan fingerprint density at radius 1 is 0.966 bits per heavy atom. The van der Waals surface area contributed by atoms with Crippen molar-refractivity contribution in [3.05, 3.63) is 59.7 Å². The Morgan fingerprint density at radius 3 is 2.34 bits per heavy atom. The van der Waals surface area contributed by atoms with Crippen LogP contribution in [0.2, 0.25) is 0 Å². The van der Waals surface area contributed by atoms with Crippen molar-refractivity contribution in [1.29, 1.82) is 0 Å². The molecule has 152 valence electrons. The summed E-state index contributed by atoms with van der Waals surface area (Å²) in [5.74, 6) is 1.09. The van der Waals surface area contributed by atoms with Crippen LogP contribution in [0.1, 0.15) is 34.7 Å². The van der Waals surface area contributed by atoms with Gasteiger partial charge in [0.15, 0.2) is 0 Å². The first-order valence-corrected chi connectivity index (χ1v) is 9.96. The number of rotatable bonds is 6. The number of carbonyl (C=O) groups is 2. The molecule has 2 aromatic carbocycles. The number of hydrogen-bond acceptors (Lipinski definition) is 4. The molecule has 0 unspecified atom stereocenters. The van der Waals surface area contributed by atoms with E-state index in [-0.39, 0.29) is 23.7 Å². The quantitative estimate of drug-likeness (QED) is 0.818. The fourth-order valence-electron chi connectivity index (χ4n) is 3.90. The highest BCUT2D eigenvalue weighted by Crippen LogP contribution is 2.36. The topological polar surface area (TPSA) is 67.9 Å². The van der Waals surface area contributed by atoms with Gasteiger partial charge in [-0.15, -0.1) is 0 Å². The SMILES string of the molecule is COc1ccc(C(=O)N2C[C@H](C(=O)NC3CC3)[C@H](c3cccc(OC)c3)C2)cc1. The molecule has 0 spiro atoms. The van der Waals surface area contributed by atoms with Gasteiger partial charge in [0.05, 0.1) is 20.1 Å². The first kappa shape index (κ1) is 19.3. The Balaban J connectivity index is 1.57. The third-order valence-electron chi connectivity index (χ3n) is 5.73. The molecular weight excluding hydrogens is 368 g/mol. The third kappa shape index (κ3) is 4.21. The third-order valence-corrected chi connectivity index (χ3v) is 5.73. The molecule has 2 atom stereocenters. The molecular formula is C23H26N2O4. The number of ether oxygens (including phenoxy) is 2. The summed E-state index contributed by atoms with van der Waals surface area (Å²) in [6, 6.07) is 15.2. The van der Waals surface area contributed by atoms with Crippen molar-refractivity contribution in [3.63, 3.8) is 0 Å². The van der Waals surface area contributed by atoms with E-state index in [1.807, 2.05) is 24.3 Å². The second-order valence-electron chi connectivity index (χ2n) is 7.71. The summed E-state index contributed by atoms with van der Waals surface area (Å²) >= 11 is 0. The lowest BCUT2D eigenvalue weighted by molar-refractivity contribution is -0.125. The molecule has 1 saturated carbocycles. The molecule has 1 aliphatic carbocycles. The summed E-state index contributed by atoms with van der Waals surface area (Å²) < 4.78 is 10.5. The average molecular weight is 394 g/mol. The van der Waals surface area contributed by atoms with Gasteiger partial charge in [0.1, 0.15) is 11.5 Å². The monoisotopic (exact) mass is 394 g/mol. The summed E-state index contributed by atoms with van der Waals surface area (Å²) in [4.78, 5) is 27.8. The number of nitrogens with one attached hydrogen (secondary N) is 1. The predicted molar refractivity (Wildman–Crippen MR) is 109 cm³/mol. The van der Waals surface area contributed by atoms with E-state index in [1.165, 1.54) is 0 Å². The van der Waals surface area contributed by atoms with Crippen LogP contribution < -0.4 is 14.8 Å². The van der Waals surface area contributed by atoms with Crippen LogP contribution in [0.3, 0.4) is 0 Å². The molecule has 1 saturated heterocycles. The van der Waals surface area contributed by atoms with Crippen molar-refractivity contribution in [2.45, 2.75) is 24.8 Å². The van der Waals surface area contributed by atoms with Crippen LogP contribution in [-0.2, 0) is 4.79 Å². The maximum Gasteiger partial charge on any atom is 0.253 e. The molecule has 0 radical (unpaired) electrons. The predicted octanol–water partition coefficient (Wildman–Crippen LogP) is 2.84. The summed E-state index contributed by atoms with van der Waals surface area (Å²) in [7, 11) is 3.23. The highest BCUT2D eigenvalue weighted by molar-refractivity contribution is 5.95. The van der Waals surface area contributed by atoms with E-state index in [0.717, 1.165) is 24.2 Å². The maximum atomic E-state index is 13.1. The van der Waals surface area contributed by atoms with Crippen LogP contribution in [0.25, 0.3) is 0 Å². The second-order valence-corrected chi connectivity index (χ2v) is 7.71. The van der Waals surface area contributed by atoms with Crippen molar-refractivity contribution >= 4 is 11.8 Å². The van der Waals surface area contributed by atoms with Crippen molar-refractivity contribution in [2.75, 3.05) is 27.3 Å². The number of likely N-dealkylation sites (tertiary alicyclic amines) is 1. The van der Waals surface area contributed by atoms with Crippen LogP contribution in [0.5, 0.6) is 11.5 Å². The zero-order chi connectivity index (χ0) is 20.4. The van der Waals surface area contributed by atoms with E-state index in [4.69, 9.17) is 9.47 Å². The molecule has 2 fully saturated rings. The van der Waals surface area contributed by atoms with E-state index in [2.05, 4.69) is 5.32 Å². The van der Waals surface area contributed by atoms with Gasteiger partial charge >= 0.3 is 0 Å².